The fraction of sp³-hybridized carbons (Fsp3) is 0.133. The van der Waals surface area contributed by atoms with Gasteiger partial charge >= 0.3 is 0 Å². The average molecular weight is 319 g/mol. The topological polar surface area (TPSA) is 81.2 Å². The first kappa shape index (κ1) is 14.9. The minimum absolute atomic E-state index is 0.0181. The Kier molecular flexibility index (Phi) is 4.13. The first-order chi connectivity index (χ1) is 11.1. The monoisotopic (exact) mass is 319 g/mol. The van der Waals surface area contributed by atoms with Gasteiger partial charge in [0.1, 0.15) is 11.6 Å². The Labute approximate surface area is 129 Å². The van der Waals surface area contributed by atoms with E-state index in [0.717, 1.165) is 18.2 Å². The lowest BCUT2D eigenvalue weighted by atomic mass is 10.2. The molecular weight excluding hydrogens is 308 g/mol. The first-order valence-electron chi connectivity index (χ1n) is 6.73. The molecule has 1 aromatic carbocycles. The number of amides is 1. The number of anilines is 1. The van der Waals surface area contributed by atoms with Crippen LogP contribution in [0.25, 0.3) is 11.6 Å². The summed E-state index contributed by atoms with van der Waals surface area (Å²) in [7, 11) is 0. The zero-order valence-corrected chi connectivity index (χ0v) is 11.8. The summed E-state index contributed by atoms with van der Waals surface area (Å²) < 4.78 is 36.6. The minimum Gasteiger partial charge on any atom is -0.461 e. The van der Waals surface area contributed by atoms with Gasteiger partial charge in [-0.25, -0.2) is 8.78 Å². The maximum Gasteiger partial charge on any atom is 0.238 e. The second-order valence-corrected chi connectivity index (χ2v) is 4.66. The lowest BCUT2D eigenvalue weighted by Crippen LogP contribution is -2.13. The number of aromatic nitrogens is 2. The largest absolute Gasteiger partial charge is 0.461 e. The smallest absolute Gasteiger partial charge is 0.238 e. The van der Waals surface area contributed by atoms with Gasteiger partial charge in [-0.15, -0.1) is 0 Å². The molecule has 0 aliphatic carbocycles. The quantitative estimate of drug-likeness (QED) is 0.781. The van der Waals surface area contributed by atoms with Gasteiger partial charge in [-0.2, -0.15) is 4.98 Å². The van der Waals surface area contributed by atoms with E-state index >= 15 is 0 Å². The van der Waals surface area contributed by atoms with Crippen LogP contribution in [0, 0.1) is 11.6 Å². The number of hydrogen-bond acceptors (Lipinski definition) is 5. The van der Waals surface area contributed by atoms with Crippen molar-refractivity contribution >= 4 is 11.6 Å². The predicted octanol–water partition coefficient (Wildman–Crippen LogP) is 3.18. The minimum atomic E-state index is -0.711. The molecule has 1 amide bonds. The molecule has 2 heterocycles. The zero-order chi connectivity index (χ0) is 16.2. The maximum absolute atomic E-state index is 13.4. The molecule has 8 heteroatoms. The Morgan fingerprint density at radius 1 is 1.26 bits per heavy atom. The van der Waals surface area contributed by atoms with Gasteiger partial charge in [0.2, 0.25) is 17.6 Å². The second kappa shape index (κ2) is 6.39. The normalized spacial score (nSPS) is 10.7. The van der Waals surface area contributed by atoms with Gasteiger partial charge in [0.05, 0.1) is 12.0 Å². The number of carbonyl (C=O) groups excluding carboxylic acids is 1. The molecular formula is C15H11F2N3O3. The summed E-state index contributed by atoms with van der Waals surface area (Å²) in [5, 5.41) is 6.02. The van der Waals surface area contributed by atoms with Gasteiger partial charge in [-0.05, 0) is 24.3 Å². The van der Waals surface area contributed by atoms with Crippen molar-refractivity contribution in [1.82, 2.24) is 10.1 Å². The van der Waals surface area contributed by atoms with E-state index in [2.05, 4.69) is 15.5 Å². The molecule has 3 aromatic rings. The highest BCUT2D eigenvalue weighted by Gasteiger charge is 2.13. The number of hydrogen-bond donors (Lipinski definition) is 1. The summed E-state index contributed by atoms with van der Waals surface area (Å²) >= 11 is 0. The van der Waals surface area contributed by atoms with Gasteiger partial charge in [0.15, 0.2) is 5.76 Å². The van der Waals surface area contributed by atoms with Gasteiger partial charge in [-0.3, -0.25) is 4.79 Å². The molecule has 118 valence electrons. The predicted molar refractivity (Wildman–Crippen MR) is 75.3 cm³/mol. The highest BCUT2D eigenvalue weighted by Crippen LogP contribution is 2.17. The van der Waals surface area contributed by atoms with Crippen molar-refractivity contribution < 1.29 is 22.5 Å². The Bertz CT molecular complexity index is 815. The Hall–Kier alpha value is -3.03. The molecule has 0 spiro atoms. The molecule has 0 unspecified atom stereocenters. The molecule has 1 N–H and O–H groups in total. The second-order valence-electron chi connectivity index (χ2n) is 4.66. The summed E-state index contributed by atoms with van der Waals surface area (Å²) in [5.74, 6) is -0.870. The number of carbonyl (C=O) groups is 1. The van der Waals surface area contributed by atoms with Crippen LogP contribution in [0.4, 0.5) is 14.5 Å². The van der Waals surface area contributed by atoms with Crippen LogP contribution in [0.2, 0.25) is 0 Å². The number of halogens is 2. The zero-order valence-electron chi connectivity index (χ0n) is 11.8. The van der Waals surface area contributed by atoms with E-state index in [4.69, 9.17) is 8.94 Å². The average Bonchev–Trinajstić information content (AvgIpc) is 3.19. The van der Waals surface area contributed by atoms with Gasteiger partial charge in [-0.1, -0.05) is 5.16 Å². The van der Waals surface area contributed by atoms with Crippen LogP contribution >= 0.6 is 0 Å². The van der Waals surface area contributed by atoms with Crippen LogP contribution in [-0.2, 0) is 11.2 Å². The number of aryl methyl sites for hydroxylation is 1. The number of furan rings is 1. The van der Waals surface area contributed by atoms with Crippen LogP contribution in [0.5, 0.6) is 0 Å². The molecule has 2 aromatic heterocycles. The third kappa shape index (κ3) is 3.60. The summed E-state index contributed by atoms with van der Waals surface area (Å²) in [4.78, 5) is 15.9. The van der Waals surface area contributed by atoms with Crippen LogP contribution in [0.1, 0.15) is 12.3 Å². The molecule has 0 fully saturated rings. The molecule has 23 heavy (non-hydrogen) atoms. The van der Waals surface area contributed by atoms with Crippen LogP contribution < -0.4 is 5.32 Å². The molecule has 0 saturated carbocycles. The van der Waals surface area contributed by atoms with Crippen molar-refractivity contribution in [3.05, 3.63) is 54.1 Å². The summed E-state index contributed by atoms with van der Waals surface area (Å²) in [6.45, 7) is 0. The first-order valence-corrected chi connectivity index (χ1v) is 6.73. The van der Waals surface area contributed by atoms with E-state index in [-0.39, 0.29) is 30.2 Å². The number of nitrogens with one attached hydrogen (secondary N) is 1. The van der Waals surface area contributed by atoms with Crippen LogP contribution in [0.15, 0.2) is 45.5 Å². The SMILES string of the molecule is O=C(CCc1nc(-c2ccco2)no1)Nc1cc(F)ccc1F. The molecule has 0 aliphatic heterocycles. The fourth-order valence-corrected chi connectivity index (χ4v) is 1.89. The molecule has 3 rings (SSSR count). The lowest BCUT2D eigenvalue weighted by molar-refractivity contribution is -0.116. The lowest BCUT2D eigenvalue weighted by Gasteiger charge is -2.05. The molecule has 6 nitrogen and oxygen atoms in total. The number of nitrogens with zero attached hydrogens (tertiary/aromatic N) is 2. The van der Waals surface area contributed by atoms with Gasteiger partial charge in [0, 0.05) is 18.9 Å². The van der Waals surface area contributed by atoms with E-state index in [0.29, 0.717) is 5.76 Å². The van der Waals surface area contributed by atoms with Crippen molar-refractivity contribution in [3.63, 3.8) is 0 Å². The van der Waals surface area contributed by atoms with Gasteiger partial charge in [0.25, 0.3) is 0 Å². The van der Waals surface area contributed by atoms with Crippen LogP contribution in [0.3, 0.4) is 0 Å². The Balaban J connectivity index is 1.58. The Morgan fingerprint density at radius 3 is 2.91 bits per heavy atom. The van der Waals surface area contributed by atoms with E-state index in [1.807, 2.05) is 0 Å². The van der Waals surface area contributed by atoms with Crippen molar-refractivity contribution in [2.24, 2.45) is 0 Å². The number of rotatable bonds is 5. The summed E-state index contributed by atoms with van der Waals surface area (Å²) in [6, 6.07) is 6.19. The van der Waals surface area contributed by atoms with Crippen molar-refractivity contribution in [2.75, 3.05) is 5.32 Å². The third-order valence-electron chi connectivity index (χ3n) is 2.98. The standard InChI is InChI=1S/C15H11F2N3O3/c16-9-3-4-10(17)11(8-9)18-13(21)5-6-14-19-15(20-23-14)12-2-1-7-22-12/h1-4,7-8H,5-6H2,(H,18,21). The van der Waals surface area contributed by atoms with Crippen LogP contribution in [-0.4, -0.2) is 16.0 Å². The molecule has 0 radical (unpaired) electrons. The van der Waals surface area contributed by atoms with Crippen molar-refractivity contribution in [1.29, 1.82) is 0 Å². The molecule has 0 atom stereocenters. The highest BCUT2D eigenvalue weighted by atomic mass is 19.1. The van der Waals surface area contributed by atoms with E-state index < -0.39 is 17.5 Å². The molecule has 0 saturated heterocycles. The van der Waals surface area contributed by atoms with Crippen molar-refractivity contribution in [2.45, 2.75) is 12.8 Å². The van der Waals surface area contributed by atoms with Gasteiger partial charge < -0.3 is 14.3 Å². The fourth-order valence-electron chi connectivity index (χ4n) is 1.89. The number of benzene rings is 1. The van der Waals surface area contributed by atoms with E-state index in [1.54, 1.807) is 12.1 Å². The molecule has 0 aliphatic rings. The third-order valence-corrected chi connectivity index (χ3v) is 2.98. The summed E-state index contributed by atoms with van der Waals surface area (Å²) in [6.07, 6.45) is 1.62. The highest BCUT2D eigenvalue weighted by molar-refractivity contribution is 5.90. The maximum atomic E-state index is 13.4. The molecule has 0 bridgehead atoms. The summed E-state index contributed by atoms with van der Waals surface area (Å²) in [5.41, 5.74) is -0.211. The van der Waals surface area contributed by atoms with E-state index in [1.165, 1.54) is 6.26 Å². The Morgan fingerprint density at radius 2 is 2.13 bits per heavy atom. The van der Waals surface area contributed by atoms with E-state index in [9.17, 15) is 13.6 Å². The van der Waals surface area contributed by atoms with Crippen molar-refractivity contribution in [3.8, 4) is 11.6 Å².